The van der Waals surface area contributed by atoms with Crippen LogP contribution in [0.15, 0.2) is 207 Å². The molecule has 0 unspecified atom stereocenters. The van der Waals surface area contributed by atoms with Gasteiger partial charge in [0.25, 0.3) is 0 Å². The molecule has 66 heavy (non-hydrogen) atoms. The van der Waals surface area contributed by atoms with Crippen molar-refractivity contribution in [2.75, 3.05) is 11.2 Å². The van der Waals surface area contributed by atoms with Gasteiger partial charge in [-0.25, -0.2) is 0 Å². The summed E-state index contributed by atoms with van der Waals surface area (Å²) in [7, 11) is 0. The summed E-state index contributed by atoms with van der Waals surface area (Å²) >= 11 is 3.53. The van der Waals surface area contributed by atoms with Gasteiger partial charge in [-0.1, -0.05) is 206 Å². The van der Waals surface area contributed by atoms with Crippen LogP contribution in [0.25, 0.3) is 61.2 Å². The minimum atomic E-state index is -0.215. The second kappa shape index (κ2) is 16.2. The lowest BCUT2D eigenvalue weighted by molar-refractivity contribution is 0.654. The van der Waals surface area contributed by atoms with E-state index in [0.29, 0.717) is 0 Å². The first-order valence-electron chi connectivity index (χ1n) is 23.1. The van der Waals surface area contributed by atoms with Gasteiger partial charge in [0.15, 0.2) is 0 Å². The van der Waals surface area contributed by atoms with Crippen molar-refractivity contribution in [2.24, 2.45) is 0 Å². The third kappa shape index (κ3) is 6.44. The van der Waals surface area contributed by atoms with E-state index in [1.54, 1.807) is 6.26 Å². The fourth-order valence-corrected chi connectivity index (χ4v) is 11.6. The zero-order valence-electron chi connectivity index (χ0n) is 39.2. The van der Waals surface area contributed by atoms with Crippen LogP contribution in [0.2, 0.25) is 0 Å². The zero-order valence-corrected chi connectivity index (χ0v) is 40.1. The molecule has 0 heterocycles. The molecule has 0 amide bonds. The Hall–Kier alpha value is -6.87. The number of anilines is 3. The van der Waals surface area contributed by atoms with Gasteiger partial charge in [0.2, 0.25) is 0 Å². The minimum absolute atomic E-state index is 0.0403. The lowest BCUT2D eigenvalue weighted by atomic mass is 9.80. The highest BCUT2D eigenvalue weighted by Gasteiger charge is 2.40. The van der Waals surface area contributed by atoms with Crippen molar-refractivity contribution in [3.8, 4) is 55.6 Å². The summed E-state index contributed by atoms with van der Waals surface area (Å²) in [5, 5.41) is 0. The van der Waals surface area contributed by atoms with E-state index in [4.69, 9.17) is 0 Å². The molecule has 1 nitrogen and oxygen atoms in total. The van der Waals surface area contributed by atoms with E-state index in [9.17, 15) is 0 Å². The van der Waals surface area contributed by atoms with Gasteiger partial charge >= 0.3 is 0 Å². The third-order valence-corrected chi connectivity index (χ3v) is 14.9. The Bertz CT molecular complexity index is 3270. The molecule has 324 valence electrons. The van der Waals surface area contributed by atoms with Gasteiger partial charge in [-0.15, -0.1) is 0 Å². The molecule has 0 saturated carbocycles. The van der Waals surface area contributed by atoms with Crippen LogP contribution in [0, 0.1) is 0 Å². The van der Waals surface area contributed by atoms with Crippen molar-refractivity contribution in [3.63, 3.8) is 0 Å². The molecular weight excluding hydrogens is 815 g/mol. The first-order chi connectivity index (χ1) is 31.9. The number of rotatable bonds is 8. The maximum atomic E-state index is 4.22. The molecule has 0 bridgehead atoms. The van der Waals surface area contributed by atoms with Crippen LogP contribution in [0.4, 0.5) is 17.1 Å². The molecule has 0 radical (unpaired) electrons. The second-order valence-electron chi connectivity index (χ2n) is 19.4. The second-order valence-corrected chi connectivity index (χ2v) is 19.4. The molecule has 0 N–H and O–H groups in total. The van der Waals surface area contributed by atoms with Crippen molar-refractivity contribution < 1.29 is 0 Å². The van der Waals surface area contributed by atoms with E-state index in [0.717, 1.165) is 22.6 Å². The van der Waals surface area contributed by atoms with E-state index in [1.807, 2.05) is 12.2 Å². The quantitative estimate of drug-likeness (QED) is 0.149. The van der Waals surface area contributed by atoms with Crippen molar-refractivity contribution in [1.29, 1.82) is 0 Å². The number of fused-ring (bicyclic) bond motifs is 7. The number of para-hydroxylation sites is 1. The number of thiol groups is 1. The van der Waals surface area contributed by atoms with Crippen molar-refractivity contribution >= 4 is 35.3 Å². The molecule has 2 heteroatoms. The summed E-state index contributed by atoms with van der Waals surface area (Å²) in [5.74, 6) is 0. The maximum Gasteiger partial charge on any atom is 0.0540 e. The zero-order chi connectivity index (χ0) is 46.1. The Morgan fingerprint density at radius 1 is 0.379 bits per heavy atom. The molecule has 0 saturated heterocycles. The minimum Gasteiger partial charge on any atom is -0.310 e. The predicted molar refractivity (Wildman–Crippen MR) is 288 cm³/mol. The molecule has 8 aromatic carbocycles. The van der Waals surface area contributed by atoms with Gasteiger partial charge in [0, 0.05) is 33.2 Å². The summed E-state index contributed by atoms with van der Waals surface area (Å²) in [4.78, 5) is 2.43. The smallest absolute Gasteiger partial charge is 0.0540 e. The fourth-order valence-electron chi connectivity index (χ4n) is 11.6. The summed E-state index contributed by atoms with van der Waals surface area (Å²) in [6, 6.07) is 65.7. The molecule has 0 atom stereocenters. The SMILES string of the molecule is C=CC1=C(C=C)C(C)(C)c2cc(N(c3ccc(-c4cccc5c4-c4ccc(-c6cccc7c6-c6ccccc6C7(C)C)cc4C5(C)C)cc3)c3ccccc3-c3ccccc3)ccc21.CS. The normalized spacial score (nSPS) is 15.1. The first kappa shape index (κ1) is 43.0. The number of hydrogen-bond acceptors (Lipinski definition) is 2. The van der Waals surface area contributed by atoms with Crippen LogP contribution < -0.4 is 4.90 Å². The molecule has 3 aliphatic rings. The Balaban J connectivity index is 0.00000252. The topological polar surface area (TPSA) is 3.24 Å². The molecule has 0 aromatic heterocycles. The van der Waals surface area contributed by atoms with Crippen LogP contribution in [-0.4, -0.2) is 6.26 Å². The van der Waals surface area contributed by atoms with Gasteiger partial charge in [-0.3, -0.25) is 0 Å². The van der Waals surface area contributed by atoms with Gasteiger partial charge in [-0.2, -0.15) is 12.6 Å². The van der Waals surface area contributed by atoms with Crippen LogP contribution in [-0.2, 0) is 16.2 Å². The van der Waals surface area contributed by atoms with Crippen molar-refractivity contribution in [2.45, 2.75) is 57.8 Å². The molecule has 11 rings (SSSR count). The highest BCUT2D eigenvalue weighted by molar-refractivity contribution is 7.79. The maximum absolute atomic E-state index is 4.22. The summed E-state index contributed by atoms with van der Waals surface area (Å²) < 4.78 is 0. The molecule has 8 aromatic rings. The molecule has 0 fully saturated rings. The van der Waals surface area contributed by atoms with E-state index < -0.39 is 0 Å². The fraction of sp³-hybridized carbons (Fsp3) is 0.156. The van der Waals surface area contributed by atoms with Gasteiger partial charge in [-0.05, 0) is 137 Å². The average molecular weight is 872 g/mol. The molecular formula is C64H57NS. The third-order valence-electron chi connectivity index (χ3n) is 14.9. The van der Waals surface area contributed by atoms with Gasteiger partial charge in [0.05, 0.1) is 5.69 Å². The average Bonchev–Trinajstić information content (AvgIpc) is 3.84. The molecule has 0 spiro atoms. The van der Waals surface area contributed by atoms with E-state index >= 15 is 0 Å². The van der Waals surface area contributed by atoms with Crippen LogP contribution in [0.1, 0.15) is 74.9 Å². The van der Waals surface area contributed by atoms with Crippen molar-refractivity contribution in [3.05, 3.63) is 240 Å². The van der Waals surface area contributed by atoms with E-state index in [1.165, 1.54) is 94.6 Å². The summed E-state index contributed by atoms with van der Waals surface area (Å²) in [5.41, 5.74) is 26.1. The number of hydrogen-bond donors (Lipinski definition) is 1. The lowest BCUT2D eigenvalue weighted by Crippen LogP contribution is -2.17. The molecule has 3 aliphatic carbocycles. The van der Waals surface area contributed by atoms with Crippen LogP contribution in [0.3, 0.4) is 0 Å². The monoisotopic (exact) mass is 871 g/mol. The number of benzene rings is 8. The Morgan fingerprint density at radius 3 is 1.53 bits per heavy atom. The van der Waals surface area contributed by atoms with Gasteiger partial charge < -0.3 is 4.90 Å². The Kier molecular flexibility index (Phi) is 10.6. The number of nitrogens with zero attached hydrogens (tertiary/aromatic N) is 1. The Labute approximate surface area is 398 Å². The van der Waals surface area contributed by atoms with E-state index in [2.05, 4.69) is 248 Å². The summed E-state index contributed by atoms with van der Waals surface area (Å²) in [6.07, 6.45) is 5.68. The van der Waals surface area contributed by atoms with Crippen molar-refractivity contribution in [1.82, 2.24) is 0 Å². The van der Waals surface area contributed by atoms with Gasteiger partial charge in [0.1, 0.15) is 0 Å². The lowest BCUT2D eigenvalue weighted by Gasteiger charge is -2.30. The molecule has 0 aliphatic heterocycles. The van der Waals surface area contributed by atoms with Crippen LogP contribution >= 0.6 is 12.6 Å². The predicted octanol–water partition coefficient (Wildman–Crippen LogP) is 17.7. The van der Waals surface area contributed by atoms with E-state index in [-0.39, 0.29) is 16.2 Å². The highest BCUT2D eigenvalue weighted by Crippen LogP contribution is 2.56. The largest absolute Gasteiger partial charge is 0.310 e. The van der Waals surface area contributed by atoms with Crippen LogP contribution in [0.5, 0.6) is 0 Å². The summed E-state index contributed by atoms with van der Waals surface area (Å²) in [6.45, 7) is 22.5. The standard InChI is InChI=1S/C63H53N.CH4S/c1-9-45-49-37-35-44(39-57(49)61(3,4)52(45)10-2)64(58-29-17-15-22-46(58)40-20-12-11-13-21-40)43-33-30-41(31-34-43)47-24-18-28-55-59(47)51-36-32-42(38-56(51)63(55,7)8)48-25-19-27-54-60(48)50-23-14-16-26-53(50)62(54,5)6;1-2/h9-39H,1-2H2,3-8H3;2H,1H3. The first-order valence-corrected chi connectivity index (χ1v) is 24.0. The Morgan fingerprint density at radius 2 is 0.864 bits per heavy atom. The number of allylic oxidation sites excluding steroid dienone is 4. The highest BCUT2D eigenvalue weighted by atomic mass is 32.1.